The normalized spacial score (nSPS) is 18.2. The van der Waals surface area contributed by atoms with Crippen LogP contribution >= 0.6 is 0 Å². The van der Waals surface area contributed by atoms with Crippen molar-refractivity contribution in [2.75, 3.05) is 13.1 Å². The van der Waals surface area contributed by atoms with Crippen LogP contribution < -0.4 is 0 Å². The molecule has 0 radical (unpaired) electrons. The molecule has 1 aliphatic heterocycles. The second kappa shape index (κ2) is 5.97. The van der Waals surface area contributed by atoms with Gasteiger partial charge in [0.2, 0.25) is 5.76 Å². The van der Waals surface area contributed by atoms with E-state index in [4.69, 9.17) is 9.63 Å². The van der Waals surface area contributed by atoms with E-state index in [2.05, 4.69) is 10.1 Å². The number of pyridine rings is 1. The van der Waals surface area contributed by atoms with Crippen LogP contribution in [0.5, 0.6) is 0 Å². The number of aromatic nitrogens is 2. The zero-order valence-corrected chi connectivity index (χ0v) is 11.8. The highest BCUT2D eigenvalue weighted by atomic mass is 16.5. The van der Waals surface area contributed by atoms with Gasteiger partial charge in [0.05, 0.1) is 11.6 Å². The summed E-state index contributed by atoms with van der Waals surface area (Å²) in [6.45, 7) is 0.732. The lowest BCUT2D eigenvalue weighted by Gasteiger charge is -2.29. The predicted molar refractivity (Wildman–Crippen MR) is 76.0 cm³/mol. The fourth-order valence-corrected chi connectivity index (χ4v) is 2.53. The molecule has 0 saturated carbocycles. The van der Waals surface area contributed by atoms with Gasteiger partial charge < -0.3 is 14.5 Å². The smallest absolute Gasteiger partial charge is 0.308 e. The molecule has 1 aliphatic rings. The lowest BCUT2D eigenvalue weighted by Crippen LogP contribution is -2.42. The van der Waals surface area contributed by atoms with Gasteiger partial charge in [-0.25, -0.2) is 0 Å². The number of piperidine rings is 1. The molecule has 0 spiro atoms. The van der Waals surface area contributed by atoms with Gasteiger partial charge in [0.1, 0.15) is 5.69 Å². The Kier molecular flexibility index (Phi) is 3.86. The summed E-state index contributed by atoms with van der Waals surface area (Å²) in [6, 6.07) is 6.92. The van der Waals surface area contributed by atoms with Crippen molar-refractivity contribution in [1.29, 1.82) is 0 Å². The Morgan fingerprint density at radius 2 is 2.18 bits per heavy atom. The molecule has 1 amide bonds. The van der Waals surface area contributed by atoms with Crippen LogP contribution in [0.4, 0.5) is 0 Å². The minimum atomic E-state index is -0.871. The van der Waals surface area contributed by atoms with Gasteiger partial charge in [0, 0.05) is 25.4 Å². The van der Waals surface area contributed by atoms with Crippen LogP contribution in [-0.4, -0.2) is 45.1 Å². The monoisotopic (exact) mass is 301 g/mol. The molecular weight excluding hydrogens is 286 g/mol. The molecule has 1 unspecified atom stereocenters. The van der Waals surface area contributed by atoms with Crippen LogP contribution in [-0.2, 0) is 4.79 Å². The Bertz CT molecular complexity index is 683. The Morgan fingerprint density at radius 3 is 2.91 bits per heavy atom. The van der Waals surface area contributed by atoms with E-state index in [1.54, 1.807) is 18.3 Å². The highest BCUT2D eigenvalue weighted by Crippen LogP contribution is 2.21. The molecule has 2 aromatic heterocycles. The number of aliphatic carboxylic acids is 1. The minimum absolute atomic E-state index is 0.103. The zero-order valence-electron chi connectivity index (χ0n) is 11.8. The topological polar surface area (TPSA) is 96.5 Å². The van der Waals surface area contributed by atoms with Crippen molar-refractivity contribution >= 4 is 11.9 Å². The molecule has 1 N–H and O–H groups in total. The summed E-state index contributed by atoms with van der Waals surface area (Å²) in [6.07, 6.45) is 2.90. The second-order valence-corrected chi connectivity index (χ2v) is 5.22. The van der Waals surface area contributed by atoms with Crippen LogP contribution in [0.25, 0.3) is 11.4 Å². The van der Waals surface area contributed by atoms with Crippen LogP contribution in [0.15, 0.2) is 35.0 Å². The average molecular weight is 301 g/mol. The number of carbonyl (C=O) groups is 2. The van der Waals surface area contributed by atoms with Gasteiger partial charge in [-0.05, 0) is 25.0 Å². The van der Waals surface area contributed by atoms with E-state index in [0.717, 1.165) is 0 Å². The summed E-state index contributed by atoms with van der Waals surface area (Å²) < 4.78 is 5.10. The van der Waals surface area contributed by atoms with Gasteiger partial charge >= 0.3 is 5.97 Å². The molecular formula is C15H15N3O4. The summed E-state index contributed by atoms with van der Waals surface area (Å²) in [7, 11) is 0. The first-order chi connectivity index (χ1) is 10.6. The molecule has 1 fully saturated rings. The van der Waals surface area contributed by atoms with Gasteiger partial charge in [0.15, 0.2) is 0 Å². The minimum Gasteiger partial charge on any atom is -0.481 e. The molecule has 0 aromatic carbocycles. The van der Waals surface area contributed by atoms with E-state index in [-0.39, 0.29) is 18.2 Å². The maximum absolute atomic E-state index is 12.4. The number of rotatable bonds is 3. The van der Waals surface area contributed by atoms with E-state index in [0.29, 0.717) is 30.8 Å². The third-order valence-corrected chi connectivity index (χ3v) is 3.71. The maximum atomic E-state index is 12.4. The van der Waals surface area contributed by atoms with Crippen molar-refractivity contribution in [3.63, 3.8) is 0 Å². The molecule has 7 nitrogen and oxygen atoms in total. The Labute approximate surface area is 126 Å². The van der Waals surface area contributed by atoms with Crippen LogP contribution in [0.3, 0.4) is 0 Å². The molecule has 22 heavy (non-hydrogen) atoms. The molecule has 1 saturated heterocycles. The van der Waals surface area contributed by atoms with Crippen molar-refractivity contribution in [2.24, 2.45) is 5.92 Å². The molecule has 3 heterocycles. The van der Waals surface area contributed by atoms with E-state index in [1.165, 1.54) is 11.0 Å². The lowest BCUT2D eigenvalue weighted by molar-refractivity contribution is -0.143. The fraction of sp³-hybridized carbons (Fsp3) is 0.333. The summed E-state index contributed by atoms with van der Waals surface area (Å²) in [5, 5.41) is 12.9. The number of carboxylic acids is 1. The first-order valence-corrected chi connectivity index (χ1v) is 7.05. The van der Waals surface area contributed by atoms with E-state index in [1.807, 2.05) is 6.07 Å². The summed E-state index contributed by atoms with van der Waals surface area (Å²) >= 11 is 0. The van der Waals surface area contributed by atoms with Crippen LogP contribution in [0.1, 0.15) is 23.4 Å². The Balaban J connectivity index is 1.76. The van der Waals surface area contributed by atoms with Gasteiger partial charge in [-0.1, -0.05) is 11.2 Å². The Hall–Kier alpha value is -2.70. The van der Waals surface area contributed by atoms with Gasteiger partial charge in [-0.15, -0.1) is 0 Å². The molecule has 3 rings (SSSR count). The van der Waals surface area contributed by atoms with E-state index < -0.39 is 11.9 Å². The number of amides is 1. The van der Waals surface area contributed by atoms with Crippen molar-refractivity contribution in [3.8, 4) is 11.4 Å². The molecule has 0 aliphatic carbocycles. The number of hydrogen-bond donors (Lipinski definition) is 1. The largest absolute Gasteiger partial charge is 0.481 e. The van der Waals surface area contributed by atoms with Crippen molar-refractivity contribution in [3.05, 3.63) is 36.2 Å². The molecule has 2 aromatic rings. The van der Waals surface area contributed by atoms with Gasteiger partial charge in [-0.3, -0.25) is 14.6 Å². The summed E-state index contributed by atoms with van der Waals surface area (Å²) in [5.41, 5.74) is 1.10. The summed E-state index contributed by atoms with van der Waals surface area (Å²) in [4.78, 5) is 29.1. The fourth-order valence-electron chi connectivity index (χ4n) is 2.53. The standard InChI is InChI=1S/C15H15N3O4/c19-14(18-7-3-4-10(9-18)15(20)21)13-8-12(17-22-13)11-5-1-2-6-16-11/h1-2,5-6,8,10H,3-4,7,9H2,(H,20,21). The third kappa shape index (κ3) is 2.83. The Morgan fingerprint density at radius 1 is 1.32 bits per heavy atom. The average Bonchev–Trinajstić information content (AvgIpc) is 3.05. The highest BCUT2D eigenvalue weighted by molar-refractivity contribution is 5.92. The SMILES string of the molecule is O=C(O)C1CCCN(C(=O)c2cc(-c3ccccn3)no2)C1. The van der Waals surface area contributed by atoms with Gasteiger partial charge in [-0.2, -0.15) is 0 Å². The quantitative estimate of drug-likeness (QED) is 0.926. The number of likely N-dealkylation sites (tertiary alicyclic amines) is 1. The molecule has 7 heteroatoms. The van der Waals surface area contributed by atoms with Crippen molar-refractivity contribution in [1.82, 2.24) is 15.0 Å². The summed E-state index contributed by atoms with van der Waals surface area (Å²) in [5.74, 6) is -1.62. The van der Waals surface area contributed by atoms with Crippen molar-refractivity contribution < 1.29 is 19.2 Å². The highest BCUT2D eigenvalue weighted by Gasteiger charge is 2.30. The lowest BCUT2D eigenvalue weighted by atomic mass is 9.98. The predicted octanol–water partition coefficient (Wildman–Crippen LogP) is 1.67. The van der Waals surface area contributed by atoms with E-state index in [9.17, 15) is 9.59 Å². The van der Waals surface area contributed by atoms with Crippen molar-refractivity contribution in [2.45, 2.75) is 12.8 Å². The van der Waals surface area contributed by atoms with Gasteiger partial charge in [0.25, 0.3) is 5.91 Å². The number of carboxylic acid groups (broad SMARTS) is 1. The maximum Gasteiger partial charge on any atom is 0.308 e. The van der Waals surface area contributed by atoms with Crippen LogP contribution in [0.2, 0.25) is 0 Å². The first kappa shape index (κ1) is 14.2. The van der Waals surface area contributed by atoms with E-state index >= 15 is 0 Å². The molecule has 114 valence electrons. The molecule has 1 atom stereocenters. The first-order valence-electron chi connectivity index (χ1n) is 7.05. The second-order valence-electron chi connectivity index (χ2n) is 5.22. The third-order valence-electron chi connectivity index (χ3n) is 3.71. The number of nitrogens with zero attached hydrogens (tertiary/aromatic N) is 3. The number of hydrogen-bond acceptors (Lipinski definition) is 5. The van der Waals surface area contributed by atoms with Crippen LogP contribution in [0, 0.1) is 5.92 Å². The number of carbonyl (C=O) groups excluding carboxylic acids is 1. The zero-order chi connectivity index (χ0) is 15.5. The molecule has 0 bridgehead atoms.